The maximum Gasteiger partial charge on any atom is 0.233 e. The van der Waals surface area contributed by atoms with Crippen LogP contribution in [0.5, 0.6) is 11.5 Å². The average Bonchev–Trinajstić information content (AvgIpc) is 3.35. The van der Waals surface area contributed by atoms with E-state index in [4.69, 9.17) is 9.47 Å². The summed E-state index contributed by atoms with van der Waals surface area (Å²) < 4.78 is 13.1. The summed E-state index contributed by atoms with van der Waals surface area (Å²) in [6.45, 7) is 8.01. The molecule has 9 heteroatoms. The van der Waals surface area contributed by atoms with Gasteiger partial charge in [0.15, 0.2) is 11.5 Å². The highest BCUT2D eigenvalue weighted by Gasteiger charge is 2.31. The van der Waals surface area contributed by atoms with E-state index in [1.54, 1.807) is 4.68 Å². The third-order valence-corrected chi connectivity index (χ3v) is 5.83. The van der Waals surface area contributed by atoms with Crippen molar-refractivity contribution >= 4 is 17.7 Å². The summed E-state index contributed by atoms with van der Waals surface area (Å²) in [5, 5.41) is 12.5. The van der Waals surface area contributed by atoms with Gasteiger partial charge in [-0.3, -0.25) is 4.79 Å². The summed E-state index contributed by atoms with van der Waals surface area (Å²) in [6.07, 6.45) is 1.95. The third-order valence-electron chi connectivity index (χ3n) is 4.93. The number of likely N-dealkylation sites (tertiary alicyclic amines) is 1. The topological polar surface area (TPSA) is 82.4 Å². The monoisotopic (exact) mass is 403 g/mol. The van der Waals surface area contributed by atoms with Crippen LogP contribution in [0.4, 0.5) is 0 Å². The molecule has 0 spiro atoms. The second-order valence-corrected chi connectivity index (χ2v) is 8.92. The number of tetrazole rings is 1. The maximum absolute atomic E-state index is 12.9. The molecule has 0 saturated carbocycles. The lowest BCUT2D eigenvalue weighted by atomic mass is 10.0. The lowest BCUT2D eigenvalue weighted by molar-refractivity contribution is -0.129. The molecule has 1 saturated heterocycles. The molecule has 1 fully saturated rings. The molecule has 2 aromatic rings. The van der Waals surface area contributed by atoms with Gasteiger partial charge in [0.1, 0.15) is 13.2 Å². The van der Waals surface area contributed by atoms with Crippen LogP contribution >= 0.6 is 11.8 Å². The standard InChI is InChI=1S/C19H25N5O3S/c1-19(2,3)24-18(20-21-22-24)28-12-17(25)23-8-4-5-14(23)13-6-7-15-16(11-13)27-10-9-26-15/h6-7,11,14H,4-5,8-10,12H2,1-3H3. The first-order valence-electron chi connectivity index (χ1n) is 9.54. The first-order valence-corrected chi connectivity index (χ1v) is 10.5. The smallest absolute Gasteiger partial charge is 0.233 e. The SMILES string of the molecule is CC(C)(C)n1nnnc1SCC(=O)N1CCCC1c1ccc2c(c1)OCCO2. The molecule has 1 unspecified atom stereocenters. The van der Waals surface area contributed by atoms with Crippen molar-refractivity contribution in [2.75, 3.05) is 25.5 Å². The van der Waals surface area contributed by atoms with Crippen LogP contribution in [0.3, 0.4) is 0 Å². The molecule has 28 heavy (non-hydrogen) atoms. The zero-order chi connectivity index (χ0) is 19.7. The Morgan fingerprint density at radius 3 is 2.82 bits per heavy atom. The first-order chi connectivity index (χ1) is 13.4. The van der Waals surface area contributed by atoms with Gasteiger partial charge in [-0.2, -0.15) is 0 Å². The number of nitrogens with zero attached hydrogens (tertiary/aromatic N) is 5. The lowest BCUT2D eigenvalue weighted by Crippen LogP contribution is -2.32. The highest BCUT2D eigenvalue weighted by atomic mass is 32.2. The summed E-state index contributed by atoms with van der Waals surface area (Å²) in [4.78, 5) is 14.9. The molecule has 0 aliphatic carbocycles. The minimum Gasteiger partial charge on any atom is -0.486 e. The van der Waals surface area contributed by atoms with E-state index in [0.717, 1.165) is 36.4 Å². The van der Waals surface area contributed by atoms with Gasteiger partial charge in [0.05, 0.1) is 17.3 Å². The fraction of sp³-hybridized carbons (Fsp3) is 0.579. The summed E-state index contributed by atoms with van der Waals surface area (Å²) in [7, 11) is 0. The van der Waals surface area contributed by atoms with Gasteiger partial charge in [0.25, 0.3) is 0 Å². The van der Waals surface area contributed by atoms with Gasteiger partial charge < -0.3 is 14.4 Å². The van der Waals surface area contributed by atoms with Crippen LogP contribution in [-0.2, 0) is 10.3 Å². The number of carbonyl (C=O) groups is 1. The zero-order valence-electron chi connectivity index (χ0n) is 16.4. The third kappa shape index (κ3) is 3.80. The van der Waals surface area contributed by atoms with E-state index in [1.807, 2.05) is 43.9 Å². The minimum absolute atomic E-state index is 0.0718. The number of thioether (sulfide) groups is 1. The van der Waals surface area contributed by atoms with Gasteiger partial charge in [0.2, 0.25) is 11.1 Å². The zero-order valence-corrected chi connectivity index (χ0v) is 17.2. The fourth-order valence-electron chi connectivity index (χ4n) is 3.58. The van der Waals surface area contributed by atoms with Crippen molar-refractivity contribution in [1.82, 2.24) is 25.1 Å². The Morgan fingerprint density at radius 2 is 2.04 bits per heavy atom. The van der Waals surface area contributed by atoms with Crippen molar-refractivity contribution < 1.29 is 14.3 Å². The number of fused-ring (bicyclic) bond motifs is 1. The number of aromatic nitrogens is 4. The molecule has 1 aromatic carbocycles. The summed E-state index contributed by atoms with van der Waals surface area (Å²) in [5.74, 6) is 1.96. The molecule has 150 valence electrons. The molecular formula is C19H25N5O3S. The second kappa shape index (κ2) is 7.62. The van der Waals surface area contributed by atoms with Crippen molar-refractivity contribution in [3.63, 3.8) is 0 Å². The predicted octanol–water partition coefficient (Wildman–Crippen LogP) is 2.66. The quantitative estimate of drug-likeness (QED) is 0.726. The average molecular weight is 404 g/mol. The highest BCUT2D eigenvalue weighted by molar-refractivity contribution is 7.99. The predicted molar refractivity (Wildman–Crippen MR) is 105 cm³/mol. The van der Waals surface area contributed by atoms with Gasteiger partial charge in [-0.15, -0.1) is 5.10 Å². The van der Waals surface area contributed by atoms with Gasteiger partial charge in [-0.05, 0) is 61.7 Å². The van der Waals surface area contributed by atoms with Crippen LogP contribution in [0.15, 0.2) is 23.4 Å². The Balaban J connectivity index is 1.45. The summed E-state index contributed by atoms with van der Waals surface area (Å²) >= 11 is 1.39. The maximum atomic E-state index is 12.9. The molecule has 1 aromatic heterocycles. The van der Waals surface area contributed by atoms with Crippen LogP contribution in [-0.4, -0.2) is 56.5 Å². The van der Waals surface area contributed by atoms with Crippen molar-refractivity contribution in [3.8, 4) is 11.5 Å². The van der Waals surface area contributed by atoms with Gasteiger partial charge >= 0.3 is 0 Å². The fourth-order valence-corrected chi connectivity index (χ4v) is 4.52. The molecule has 0 N–H and O–H groups in total. The van der Waals surface area contributed by atoms with E-state index in [9.17, 15) is 4.79 Å². The lowest BCUT2D eigenvalue weighted by Gasteiger charge is -2.27. The normalized spacial score (nSPS) is 19.1. The first kappa shape index (κ1) is 19.0. The van der Waals surface area contributed by atoms with Crippen LogP contribution < -0.4 is 9.47 Å². The molecule has 0 radical (unpaired) electrons. The van der Waals surface area contributed by atoms with E-state index in [1.165, 1.54) is 11.8 Å². The number of hydrogen-bond donors (Lipinski definition) is 0. The molecule has 3 heterocycles. The van der Waals surface area contributed by atoms with E-state index >= 15 is 0 Å². The molecule has 2 aliphatic rings. The van der Waals surface area contributed by atoms with Crippen molar-refractivity contribution in [2.45, 2.75) is 50.4 Å². The molecule has 1 amide bonds. The molecule has 1 atom stereocenters. The van der Waals surface area contributed by atoms with Gasteiger partial charge in [-0.25, -0.2) is 4.68 Å². The molecule has 2 aliphatic heterocycles. The van der Waals surface area contributed by atoms with Crippen molar-refractivity contribution in [1.29, 1.82) is 0 Å². The Kier molecular flexibility index (Phi) is 5.18. The number of hydrogen-bond acceptors (Lipinski definition) is 7. The number of rotatable bonds is 4. The van der Waals surface area contributed by atoms with Crippen LogP contribution in [0.1, 0.15) is 45.2 Å². The van der Waals surface area contributed by atoms with Crippen LogP contribution in [0.2, 0.25) is 0 Å². The number of ether oxygens (including phenoxy) is 2. The van der Waals surface area contributed by atoms with E-state index in [-0.39, 0.29) is 17.5 Å². The summed E-state index contributed by atoms with van der Waals surface area (Å²) in [5.41, 5.74) is 0.871. The van der Waals surface area contributed by atoms with Gasteiger partial charge in [0, 0.05) is 6.54 Å². The van der Waals surface area contributed by atoms with E-state index in [0.29, 0.717) is 24.1 Å². The van der Waals surface area contributed by atoms with Crippen molar-refractivity contribution in [3.05, 3.63) is 23.8 Å². The molecule has 8 nitrogen and oxygen atoms in total. The number of carbonyl (C=O) groups excluding carboxylic acids is 1. The summed E-state index contributed by atoms with van der Waals surface area (Å²) in [6, 6.07) is 6.06. The molecule has 4 rings (SSSR count). The van der Waals surface area contributed by atoms with E-state index in [2.05, 4.69) is 15.5 Å². The Labute approximate surface area is 168 Å². The van der Waals surface area contributed by atoms with Crippen molar-refractivity contribution in [2.24, 2.45) is 0 Å². The highest BCUT2D eigenvalue weighted by Crippen LogP contribution is 2.38. The Bertz CT molecular complexity index is 863. The second-order valence-electron chi connectivity index (χ2n) is 7.98. The minimum atomic E-state index is -0.226. The number of amides is 1. The molecule has 0 bridgehead atoms. The Hall–Kier alpha value is -2.29. The van der Waals surface area contributed by atoms with Crippen LogP contribution in [0.25, 0.3) is 0 Å². The largest absolute Gasteiger partial charge is 0.486 e. The Morgan fingerprint density at radius 1 is 1.25 bits per heavy atom. The van der Waals surface area contributed by atoms with Gasteiger partial charge in [-0.1, -0.05) is 17.8 Å². The molecular weight excluding hydrogens is 378 g/mol. The number of benzene rings is 1. The van der Waals surface area contributed by atoms with E-state index < -0.39 is 0 Å². The van der Waals surface area contributed by atoms with Crippen LogP contribution in [0, 0.1) is 0 Å².